The first-order valence-electron chi connectivity index (χ1n) is 13.8. The highest BCUT2D eigenvalue weighted by Crippen LogP contribution is 2.32. The smallest absolute Gasteiger partial charge is 0.330 e. The number of hydrogen-bond donors (Lipinski definition) is 2. The van der Waals surface area contributed by atoms with Gasteiger partial charge in [0, 0.05) is 42.3 Å². The third-order valence-corrected chi connectivity index (χ3v) is 8.42. The number of anilines is 2. The summed E-state index contributed by atoms with van der Waals surface area (Å²) in [5.41, 5.74) is 0.727. The van der Waals surface area contributed by atoms with E-state index in [0.717, 1.165) is 12.1 Å². The lowest BCUT2D eigenvalue weighted by Crippen LogP contribution is -2.42. The Morgan fingerprint density at radius 1 is 1.00 bits per heavy atom. The molecular formula is C30H32F2N6O5S. The van der Waals surface area contributed by atoms with Crippen LogP contribution in [0, 0.1) is 17.0 Å². The number of fused-ring (bicyclic) bond motifs is 1. The lowest BCUT2D eigenvalue weighted by Gasteiger charge is -2.32. The number of nitrogens with one attached hydrogen (secondary N) is 2. The molecule has 1 aliphatic rings. The van der Waals surface area contributed by atoms with Gasteiger partial charge in [-0.05, 0) is 69.5 Å². The van der Waals surface area contributed by atoms with Gasteiger partial charge in [0.15, 0.2) is 0 Å². The molecule has 232 valence electrons. The Balaban J connectivity index is 1.39. The monoisotopic (exact) mass is 626 g/mol. The van der Waals surface area contributed by atoms with Crippen LogP contribution in [0.5, 0.6) is 5.88 Å². The van der Waals surface area contributed by atoms with Crippen LogP contribution in [-0.4, -0.2) is 60.6 Å². The van der Waals surface area contributed by atoms with Crippen molar-refractivity contribution in [1.29, 1.82) is 0 Å². The Kier molecular flexibility index (Phi) is 8.66. The summed E-state index contributed by atoms with van der Waals surface area (Å²) >= 11 is 0. The molecule has 3 heterocycles. The number of ether oxygens (including phenoxy) is 1. The number of benzene rings is 2. The van der Waals surface area contributed by atoms with Gasteiger partial charge in [0.1, 0.15) is 28.7 Å². The summed E-state index contributed by atoms with van der Waals surface area (Å²) in [6, 6.07) is 9.33. The quantitative estimate of drug-likeness (QED) is 0.270. The molecule has 5 rings (SSSR count). The molecular weight excluding hydrogens is 594 g/mol. The molecule has 2 aromatic heterocycles. The van der Waals surface area contributed by atoms with Gasteiger partial charge in [-0.1, -0.05) is 6.07 Å². The van der Waals surface area contributed by atoms with Crippen LogP contribution in [-0.2, 0) is 19.7 Å². The second-order valence-corrected chi connectivity index (χ2v) is 13.0. The highest BCUT2D eigenvalue weighted by Gasteiger charge is 2.29. The van der Waals surface area contributed by atoms with E-state index in [1.165, 1.54) is 25.7 Å². The van der Waals surface area contributed by atoms with Crippen molar-refractivity contribution in [3.8, 4) is 17.0 Å². The van der Waals surface area contributed by atoms with Crippen LogP contribution in [0.4, 0.5) is 20.3 Å². The van der Waals surface area contributed by atoms with Crippen LogP contribution in [0.25, 0.3) is 22.0 Å². The predicted molar refractivity (Wildman–Crippen MR) is 160 cm³/mol. The van der Waals surface area contributed by atoms with E-state index < -0.39 is 32.8 Å². The van der Waals surface area contributed by atoms with Crippen LogP contribution in [0.1, 0.15) is 33.6 Å². The maximum Gasteiger partial charge on any atom is 0.330 e. The zero-order valence-corrected chi connectivity index (χ0v) is 25.4. The lowest BCUT2D eigenvalue weighted by atomic mass is 9.98. The molecule has 44 heavy (non-hydrogen) atoms. The van der Waals surface area contributed by atoms with E-state index in [4.69, 9.17) is 9.57 Å². The van der Waals surface area contributed by atoms with Gasteiger partial charge in [0.05, 0.1) is 23.7 Å². The van der Waals surface area contributed by atoms with E-state index in [1.54, 1.807) is 17.2 Å². The zero-order valence-electron chi connectivity index (χ0n) is 24.6. The Morgan fingerprint density at radius 2 is 1.75 bits per heavy atom. The third-order valence-electron chi connectivity index (χ3n) is 7.06. The minimum absolute atomic E-state index is 0.0682. The number of halogens is 2. The van der Waals surface area contributed by atoms with E-state index in [2.05, 4.69) is 25.0 Å². The highest BCUT2D eigenvalue weighted by atomic mass is 32.2. The van der Waals surface area contributed by atoms with Crippen LogP contribution in [0.2, 0.25) is 0 Å². The number of carbonyl (C=O) groups is 1. The summed E-state index contributed by atoms with van der Waals surface area (Å²) < 4.78 is 61.4. The summed E-state index contributed by atoms with van der Waals surface area (Å²) in [6.45, 7) is 6.57. The molecule has 0 spiro atoms. The number of hydrogen-bond acceptors (Lipinski definition) is 10. The highest BCUT2D eigenvalue weighted by molar-refractivity contribution is 7.92. The molecule has 11 nitrogen and oxygen atoms in total. The van der Waals surface area contributed by atoms with E-state index in [9.17, 15) is 22.0 Å². The van der Waals surface area contributed by atoms with Crippen molar-refractivity contribution in [3.63, 3.8) is 0 Å². The average molecular weight is 627 g/mol. The first-order valence-corrected chi connectivity index (χ1v) is 15.3. The molecule has 1 saturated heterocycles. The van der Waals surface area contributed by atoms with Crippen molar-refractivity contribution >= 4 is 38.4 Å². The number of pyridine rings is 1. The molecule has 0 amide bonds. The largest absolute Gasteiger partial charge is 0.480 e. The van der Waals surface area contributed by atoms with Crippen molar-refractivity contribution in [2.45, 2.75) is 44.6 Å². The maximum absolute atomic E-state index is 14.2. The van der Waals surface area contributed by atoms with Gasteiger partial charge >= 0.3 is 5.97 Å². The standard InChI is InChI=1S/C30H32F2N6O5S/c1-30(2,3)29(39)43-38-11-9-21(10-12-38)36-27-22-13-18(5-7-24(22)34-17-35-27)19-14-26(28(42-4)33-16-19)44(40,41)37-25-8-6-20(31)15-23(25)32/h5-8,13-17,21,37H,9-12H2,1-4H3,(H,34,35,36). The second kappa shape index (κ2) is 12.3. The van der Waals surface area contributed by atoms with E-state index in [1.807, 2.05) is 26.8 Å². The molecule has 0 bridgehead atoms. The van der Waals surface area contributed by atoms with Gasteiger partial charge in [0.2, 0.25) is 5.88 Å². The fourth-order valence-corrected chi connectivity index (χ4v) is 5.81. The van der Waals surface area contributed by atoms with Gasteiger partial charge in [-0.15, -0.1) is 5.06 Å². The Hall–Kier alpha value is -4.43. The van der Waals surface area contributed by atoms with Gasteiger partial charge in [0.25, 0.3) is 10.0 Å². The first kappa shape index (κ1) is 31.0. The minimum Gasteiger partial charge on any atom is -0.480 e. The number of rotatable bonds is 8. The molecule has 4 aromatic rings. The molecule has 0 unspecified atom stereocenters. The normalized spacial score (nSPS) is 14.8. The van der Waals surface area contributed by atoms with E-state index in [-0.39, 0.29) is 22.8 Å². The zero-order chi connectivity index (χ0) is 31.6. The fraction of sp³-hybridized carbons (Fsp3) is 0.333. The molecule has 14 heteroatoms. The topological polar surface area (TPSA) is 136 Å². The number of methoxy groups -OCH3 is 1. The van der Waals surface area contributed by atoms with Gasteiger partial charge in [-0.2, -0.15) is 0 Å². The Labute approximate surface area is 253 Å². The van der Waals surface area contributed by atoms with Crippen LogP contribution in [0.3, 0.4) is 0 Å². The average Bonchev–Trinajstić information content (AvgIpc) is 2.98. The van der Waals surface area contributed by atoms with Crippen molar-refractivity contribution < 1.29 is 31.6 Å². The predicted octanol–water partition coefficient (Wildman–Crippen LogP) is 5.16. The van der Waals surface area contributed by atoms with Crippen LogP contribution < -0.4 is 14.8 Å². The number of sulfonamides is 1. The van der Waals surface area contributed by atoms with Crippen molar-refractivity contribution in [2.75, 3.05) is 30.2 Å². The first-order chi connectivity index (χ1) is 20.8. The number of carbonyl (C=O) groups excluding carboxylic acids is 1. The Morgan fingerprint density at radius 3 is 2.43 bits per heavy atom. The number of nitrogens with zero attached hydrogens (tertiary/aromatic N) is 4. The fourth-order valence-electron chi connectivity index (χ4n) is 4.60. The molecule has 0 atom stereocenters. The number of piperidine rings is 1. The summed E-state index contributed by atoms with van der Waals surface area (Å²) in [5, 5.41) is 5.87. The van der Waals surface area contributed by atoms with Crippen molar-refractivity contribution in [1.82, 2.24) is 20.0 Å². The molecule has 0 saturated carbocycles. The summed E-state index contributed by atoms with van der Waals surface area (Å²) in [7, 11) is -3.12. The molecule has 1 fully saturated rings. The number of aromatic nitrogens is 3. The molecule has 0 aliphatic carbocycles. The van der Waals surface area contributed by atoms with Crippen LogP contribution >= 0.6 is 0 Å². The van der Waals surface area contributed by atoms with Crippen LogP contribution in [0.15, 0.2) is 59.9 Å². The summed E-state index contributed by atoms with van der Waals surface area (Å²) in [4.78, 5) is 30.4. The Bertz CT molecular complexity index is 1810. The molecule has 2 N–H and O–H groups in total. The molecule has 1 aliphatic heterocycles. The SMILES string of the molecule is COc1ncc(-c2ccc3ncnc(NC4CCN(OC(=O)C(C)(C)C)CC4)c3c2)cc1S(=O)(=O)Nc1ccc(F)cc1F. The maximum atomic E-state index is 14.2. The van der Waals surface area contributed by atoms with E-state index in [0.29, 0.717) is 59.8 Å². The summed E-state index contributed by atoms with van der Waals surface area (Å²) in [6.07, 6.45) is 4.36. The van der Waals surface area contributed by atoms with Crippen molar-refractivity contribution in [3.05, 3.63) is 66.6 Å². The van der Waals surface area contributed by atoms with Gasteiger partial charge < -0.3 is 14.9 Å². The lowest BCUT2D eigenvalue weighted by molar-refractivity contribution is -0.204. The summed E-state index contributed by atoms with van der Waals surface area (Å²) in [5.74, 6) is -1.78. The van der Waals surface area contributed by atoms with Crippen molar-refractivity contribution in [2.24, 2.45) is 5.41 Å². The van der Waals surface area contributed by atoms with Gasteiger partial charge in [-0.25, -0.2) is 36.9 Å². The minimum atomic E-state index is -4.38. The van der Waals surface area contributed by atoms with E-state index >= 15 is 0 Å². The number of hydroxylamine groups is 2. The second-order valence-electron chi connectivity index (χ2n) is 11.4. The third kappa shape index (κ3) is 6.86. The van der Waals surface area contributed by atoms with Gasteiger partial charge in [-0.3, -0.25) is 4.72 Å². The molecule has 0 radical (unpaired) electrons. The molecule has 2 aromatic carbocycles.